The molecule has 144 valence electrons. The molecule has 0 radical (unpaired) electrons. The van der Waals surface area contributed by atoms with Crippen LogP contribution in [-0.4, -0.2) is 45.1 Å². The second kappa shape index (κ2) is 8.52. The lowest BCUT2D eigenvalue weighted by molar-refractivity contribution is -0.118. The van der Waals surface area contributed by atoms with Gasteiger partial charge in [0.1, 0.15) is 0 Å². The highest BCUT2D eigenvalue weighted by atomic mass is 79.9. The Labute approximate surface area is 167 Å². The van der Waals surface area contributed by atoms with E-state index in [-0.39, 0.29) is 12.0 Å². The summed E-state index contributed by atoms with van der Waals surface area (Å²) in [6, 6.07) is 13.8. The van der Waals surface area contributed by atoms with E-state index in [2.05, 4.69) is 20.8 Å². The Kier molecular flexibility index (Phi) is 6.31. The number of carbonyl (C=O) groups excluding carboxylic acids is 1. The number of rotatable bonds is 6. The molecule has 1 atom stereocenters. The first kappa shape index (κ1) is 20.0. The molecular formula is C19H20BrNO5S. The van der Waals surface area contributed by atoms with Crippen LogP contribution in [0.15, 0.2) is 53.0 Å². The van der Waals surface area contributed by atoms with E-state index >= 15 is 0 Å². The fourth-order valence-corrected chi connectivity index (χ4v) is 4.28. The van der Waals surface area contributed by atoms with Crippen molar-refractivity contribution >= 4 is 37.5 Å². The van der Waals surface area contributed by atoms with Crippen LogP contribution in [0.1, 0.15) is 16.4 Å². The van der Waals surface area contributed by atoms with Crippen LogP contribution in [0.3, 0.4) is 0 Å². The number of Topliss-reactive ketones (excluding diaryl/α,β-unsaturated/α-hetero) is 1. The Balaban J connectivity index is 1.76. The zero-order valence-corrected chi connectivity index (χ0v) is 16.9. The summed E-state index contributed by atoms with van der Waals surface area (Å²) in [7, 11) is -4.56. The molecule has 0 aromatic heterocycles. The summed E-state index contributed by atoms with van der Waals surface area (Å²) in [6.07, 6.45) is -0.0795. The molecule has 1 heterocycles. The summed E-state index contributed by atoms with van der Waals surface area (Å²) in [5.74, 6) is -0.570. The average Bonchev–Trinajstić information content (AvgIpc) is 2.64. The van der Waals surface area contributed by atoms with Crippen LogP contribution < -0.4 is 4.90 Å². The predicted octanol–water partition coefficient (Wildman–Crippen LogP) is 3.03. The first-order chi connectivity index (χ1) is 12.8. The van der Waals surface area contributed by atoms with E-state index in [0.29, 0.717) is 18.8 Å². The Morgan fingerprint density at radius 1 is 1.07 bits per heavy atom. The summed E-state index contributed by atoms with van der Waals surface area (Å²) in [5, 5.41) is -1.59. The van der Waals surface area contributed by atoms with Crippen LogP contribution in [0.25, 0.3) is 0 Å². The maximum absolute atomic E-state index is 12.7. The number of hydrogen-bond acceptors (Lipinski definition) is 5. The van der Waals surface area contributed by atoms with Crippen molar-refractivity contribution < 1.29 is 22.5 Å². The minimum absolute atomic E-state index is 0.0795. The van der Waals surface area contributed by atoms with Crippen molar-refractivity contribution in [3.8, 4) is 0 Å². The van der Waals surface area contributed by atoms with Gasteiger partial charge in [0.15, 0.2) is 11.0 Å². The van der Waals surface area contributed by atoms with Gasteiger partial charge in [0.25, 0.3) is 10.1 Å². The maximum atomic E-state index is 12.7. The fourth-order valence-electron chi connectivity index (χ4n) is 3.10. The maximum Gasteiger partial charge on any atom is 0.279 e. The Bertz CT molecular complexity index is 891. The molecule has 2 aromatic carbocycles. The summed E-state index contributed by atoms with van der Waals surface area (Å²) >= 11 is 3.27. The van der Waals surface area contributed by atoms with Gasteiger partial charge in [0, 0.05) is 29.7 Å². The topological polar surface area (TPSA) is 83.9 Å². The van der Waals surface area contributed by atoms with E-state index in [1.165, 1.54) is 12.1 Å². The van der Waals surface area contributed by atoms with Gasteiger partial charge in [-0.3, -0.25) is 9.35 Å². The standard InChI is InChI=1S/C19H20BrNO5S/c20-16-5-3-15(4-6-16)19(27(23,24)25)18(22)13-14-1-7-17(8-2-14)21-9-11-26-12-10-21/h1-8,19H,9-13H2,(H,23,24,25). The van der Waals surface area contributed by atoms with Gasteiger partial charge >= 0.3 is 0 Å². The minimum Gasteiger partial charge on any atom is -0.378 e. The molecule has 27 heavy (non-hydrogen) atoms. The molecule has 8 heteroatoms. The molecule has 2 aromatic rings. The average molecular weight is 454 g/mol. The molecule has 1 aliphatic rings. The third-order valence-electron chi connectivity index (χ3n) is 4.45. The van der Waals surface area contributed by atoms with E-state index in [1.54, 1.807) is 12.1 Å². The highest BCUT2D eigenvalue weighted by molar-refractivity contribution is 9.10. The van der Waals surface area contributed by atoms with Crippen molar-refractivity contribution in [2.75, 3.05) is 31.2 Å². The number of carbonyl (C=O) groups is 1. The highest BCUT2D eigenvalue weighted by Crippen LogP contribution is 2.26. The van der Waals surface area contributed by atoms with Crippen LogP contribution in [0, 0.1) is 0 Å². The Morgan fingerprint density at radius 3 is 2.22 bits per heavy atom. The normalized spacial score (nSPS) is 16.1. The molecule has 1 fully saturated rings. The lowest BCUT2D eigenvalue weighted by atomic mass is 10.0. The number of morpholine rings is 1. The number of anilines is 1. The van der Waals surface area contributed by atoms with Crippen LogP contribution in [0.4, 0.5) is 5.69 Å². The van der Waals surface area contributed by atoms with Gasteiger partial charge in [-0.1, -0.05) is 40.2 Å². The summed E-state index contributed by atoms with van der Waals surface area (Å²) in [5.41, 5.74) is 1.98. The summed E-state index contributed by atoms with van der Waals surface area (Å²) in [6.45, 7) is 2.99. The monoisotopic (exact) mass is 453 g/mol. The van der Waals surface area contributed by atoms with E-state index in [4.69, 9.17) is 4.74 Å². The number of ketones is 1. The van der Waals surface area contributed by atoms with Crippen LogP contribution in [0.5, 0.6) is 0 Å². The molecule has 1 N–H and O–H groups in total. The van der Waals surface area contributed by atoms with Crippen molar-refractivity contribution in [2.45, 2.75) is 11.7 Å². The van der Waals surface area contributed by atoms with Gasteiger partial charge in [-0.2, -0.15) is 8.42 Å². The Hall–Kier alpha value is -1.74. The van der Waals surface area contributed by atoms with Crippen LogP contribution >= 0.6 is 15.9 Å². The third-order valence-corrected chi connectivity index (χ3v) is 6.11. The molecule has 0 amide bonds. The van der Waals surface area contributed by atoms with Crippen molar-refractivity contribution in [1.29, 1.82) is 0 Å². The molecule has 1 saturated heterocycles. The molecule has 0 bridgehead atoms. The molecular weight excluding hydrogens is 434 g/mol. The molecule has 1 unspecified atom stereocenters. The van der Waals surface area contributed by atoms with E-state index in [1.807, 2.05) is 24.3 Å². The highest BCUT2D eigenvalue weighted by Gasteiger charge is 2.32. The first-order valence-electron chi connectivity index (χ1n) is 8.51. The van der Waals surface area contributed by atoms with E-state index in [9.17, 15) is 17.8 Å². The van der Waals surface area contributed by atoms with Crippen molar-refractivity contribution in [1.82, 2.24) is 0 Å². The lowest BCUT2D eigenvalue weighted by Crippen LogP contribution is -2.36. The molecule has 6 nitrogen and oxygen atoms in total. The van der Waals surface area contributed by atoms with Gasteiger partial charge in [-0.15, -0.1) is 0 Å². The van der Waals surface area contributed by atoms with Gasteiger partial charge in [-0.25, -0.2) is 0 Å². The van der Waals surface area contributed by atoms with Gasteiger partial charge in [0.05, 0.1) is 13.2 Å². The number of hydrogen-bond donors (Lipinski definition) is 1. The third kappa shape index (κ3) is 5.16. The van der Waals surface area contributed by atoms with Crippen molar-refractivity contribution in [3.05, 3.63) is 64.1 Å². The molecule has 3 rings (SSSR count). The second-order valence-electron chi connectivity index (χ2n) is 6.36. The van der Waals surface area contributed by atoms with E-state index in [0.717, 1.165) is 23.2 Å². The van der Waals surface area contributed by atoms with Gasteiger partial charge in [-0.05, 0) is 35.4 Å². The quantitative estimate of drug-likeness (QED) is 0.676. The SMILES string of the molecule is O=C(Cc1ccc(N2CCOCC2)cc1)C(c1ccc(Br)cc1)S(=O)(=O)O. The number of ether oxygens (including phenoxy) is 1. The van der Waals surface area contributed by atoms with Crippen LogP contribution in [0.2, 0.25) is 0 Å². The van der Waals surface area contributed by atoms with Crippen molar-refractivity contribution in [2.24, 2.45) is 0 Å². The van der Waals surface area contributed by atoms with Gasteiger partial charge in [0.2, 0.25) is 0 Å². The summed E-state index contributed by atoms with van der Waals surface area (Å²) in [4.78, 5) is 14.8. The smallest absolute Gasteiger partial charge is 0.279 e. The molecule has 0 saturated carbocycles. The second-order valence-corrected chi connectivity index (χ2v) is 8.77. The largest absolute Gasteiger partial charge is 0.378 e. The number of nitrogens with zero attached hydrogens (tertiary/aromatic N) is 1. The van der Waals surface area contributed by atoms with Crippen LogP contribution in [-0.2, 0) is 26.1 Å². The van der Waals surface area contributed by atoms with E-state index < -0.39 is 21.2 Å². The number of benzene rings is 2. The molecule has 0 aliphatic carbocycles. The fraction of sp³-hybridized carbons (Fsp3) is 0.316. The first-order valence-corrected chi connectivity index (χ1v) is 10.8. The zero-order chi connectivity index (χ0) is 19.4. The minimum atomic E-state index is -4.56. The molecule has 1 aliphatic heterocycles. The predicted molar refractivity (Wildman–Crippen MR) is 107 cm³/mol. The summed E-state index contributed by atoms with van der Waals surface area (Å²) < 4.78 is 39.3. The molecule has 0 spiro atoms. The van der Waals surface area contributed by atoms with Crippen molar-refractivity contribution in [3.63, 3.8) is 0 Å². The van der Waals surface area contributed by atoms with Gasteiger partial charge < -0.3 is 9.64 Å². The zero-order valence-electron chi connectivity index (χ0n) is 14.5. The lowest BCUT2D eigenvalue weighted by Gasteiger charge is -2.28. The number of halogens is 1. The Morgan fingerprint density at radius 2 is 1.67 bits per heavy atom.